The van der Waals surface area contributed by atoms with Crippen LogP contribution in [0.5, 0.6) is 0 Å². The number of aromatic nitrogens is 2. The Bertz CT molecular complexity index is 249. The highest BCUT2D eigenvalue weighted by Gasteiger charge is 2.11. The Balaban J connectivity index is 2.13. The van der Waals surface area contributed by atoms with Gasteiger partial charge in [0.05, 0.1) is 6.20 Å². The SMILES string of the molecule is Nc1ccnn1N1CCCCC1. The van der Waals surface area contributed by atoms with E-state index in [-0.39, 0.29) is 0 Å². The predicted molar refractivity (Wildman–Crippen MR) is 48.4 cm³/mol. The van der Waals surface area contributed by atoms with Crippen LogP contribution in [0.2, 0.25) is 0 Å². The van der Waals surface area contributed by atoms with Crippen LogP contribution in [0.15, 0.2) is 12.3 Å². The Morgan fingerprint density at radius 2 is 2.00 bits per heavy atom. The largest absolute Gasteiger partial charge is 0.382 e. The summed E-state index contributed by atoms with van der Waals surface area (Å²) in [5.74, 6) is 0.733. The van der Waals surface area contributed by atoms with Crippen LogP contribution in [-0.2, 0) is 0 Å². The second-order valence-corrected chi connectivity index (χ2v) is 3.16. The van der Waals surface area contributed by atoms with Gasteiger partial charge in [-0.05, 0) is 19.3 Å². The van der Waals surface area contributed by atoms with Crippen molar-refractivity contribution < 1.29 is 0 Å². The molecule has 2 N–H and O–H groups in total. The molecule has 0 bridgehead atoms. The molecule has 4 nitrogen and oxygen atoms in total. The van der Waals surface area contributed by atoms with Crippen LogP contribution in [0.1, 0.15) is 19.3 Å². The van der Waals surface area contributed by atoms with Crippen LogP contribution in [-0.4, -0.2) is 23.0 Å². The molecule has 2 rings (SSSR count). The van der Waals surface area contributed by atoms with E-state index in [2.05, 4.69) is 10.1 Å². The van der Waals surface area contributed by atoms with Gasteiger partial charge in [-0.25, -0.2) is 0 Å². The van der Waals surface area contributed by atoms with Crippen molar-refractivity contribution in [2.24, 2.45) is 0 Å². The minimum Gasteiger partial charge on any atom is -0.382 e. The highest BCUT2D eigenvalue weighted by Crippen LogP contribution is 2.09. The maximum atomic E-state index is 5.73. The first-order valence-corrected chi connectivity index (χ1v) is 4.42. The molecule has 12 heavy (non-hydrogen) atoms. The zero-order valence-corrected chi connectivity index (χ0v) is 7.11. The summed E-state index contributed by atoms with van der Waals surface area (Å²) in [5.41, 5.74) is 5.73. The summed E-state index contributed by atoms with van der Waals surface area (Å²) in [6.07, 6.45) is 5.57. The molecule has 1 aliphatic rings. The van der Waals surface area contributed by atoms with Gasteiger partial charge in [0.2, 0.25) is 0 Å². The third-order valence-corrected chi connectivity index (χ3v) is 2.25. The molecular weight excluding hydrogens is 152 g/mol. The molecule has 0 radical (unpaired) electrons. The van der Waals surface area contributed by atoms with Crippen molar-refractivity contribution in [2.45, 2.75) is 19.3 Å². The first-order chi connectivity index (χ1) is 5.88. The van der Waals surface area contributed by atoms with Crippen LogP contribution in [0.25, 0.3) is 0 Å². The van der Waals surface area contributed by atoms with Crippen LogP contribution < -0.4 is 10.7 Å². The lowest BCUT2D eigenvalue weighted by Gasteiger charge is -2.28. The van der Waals surface area contributed by atoms with E-state index < -0.39 is 0 Å². The molecule has 0 amide bonds. The fourth-order valence-electron chi connectivity index (χ4n) is 1.61. The second-order valence-electron chi connectivity index (χ2n) is 3.16. The number of rotatable bonds is 1. The van der Waals surface area contributed by atoms with E-state index in [1.54, 1.807) is 11.0 Å². The standard InChI is InChI=1S/C8H14N4/c9-8-4-5-10-12(8)11-6-2-1-3-7-11/h4-5H,1-3,6-7,9H2. The topological polar surface area (TPSA) is 47.1 Å². The normalized spacial score (nSPS) is 18.2. The van der Waals surface area contributed by atoms with Gasteiger partial charge < -0.3 is 5.73 Å². The Morgan fingerprint density at radius 1 is 1.25 bits per heavy atom. The van der Waals surface area contributed by atoms with Crippen molar-refractivity contribution >= 4 is 5.82 Å². The van der Waals surface area contributed by atoms with Crippen LogP contribution >= 0.6 is 0 Å². The maximum absolute atomic E-state index is 5.73. The Kier molecular flexibility index (Phi) is 1.89. The number of nitrogen functional groups attached to an aromatic ring is 1. The van der Waals surface area contributed by atoms with Gasteiger partial charge >= 0.3 is 0 Å². The summed E-state index contributed by atoms with van der Waals surface area (Å²) in [6.45, 7) is 2.15. The molecule has 1 aliphatic heterocycles. The molecule has 0 unspecified atom stereocenters. The molecule has 1 fully saturated rings. The zero-order valence-electron chi connectivity index (χ0n) is 7.11. The summed E-state index contributed by atoms with van der Waals surface area (Å²) in [4.78, 5) is 1.80. The van der Waals surface area contributed by atoms with Crippen molar-refractivity contribution in [2.75, 3.05) is 23.8 Å². The molecule has 0 atom stereocenters. The minimum atomic E-state index is 0.733. The van der Waals surface area contributed by atoms with Gasteiger partial charge in [-0.15, -0.1) is 0 Å². The van der Waals surface area contributed by atoms with Gasteiger partial charge in [-0.3, -0.25) is 5.01 Å². The molecule has 0 aliphatic carbocycles. The first kappa shape index (κ1) is 7.46. The van der Waals surface area contributed by atoms with Gasteiger partial charge in [0.25, 0.3) is 0 Å². The fraction of sp³-hybridized carbons (Fsp3) is 0.625. The maximum Gasteiger partial charge on any atom is 0.145 e. The van der Waals surface area contributed by atoms with Crippen molar-refractivity contribution in [1.29, 1.82) is 0 Å². The summed E-state index contributed by atoms with van der Waals surface area (Å²) in [7, 11) is 0. The van der Waals surface area contributed by atoms with Gasteiger partial charge in [-0.2, -0.15) is 9.89 Å². The zero-order chi connectivity index (χ0) is 8.39. The molecule has 0 spiro atoms. The number of hydrogen-bond donors (Lipinski definition) is 1. The van der Waals surface area contributed by atoms with E-state index in [1.165, 1.54) is 19.3 Å². The first-order valence-electron chi connectivity index (χ1n) is 4.42. The lowest BCUT2D eigenvalue weighted by molar-refractivity contribution is 0.453. The van der Waals surface area contributed by atoms with E-state index in [9.17, 15) is 0 Å². The van der Waals surface area contributed by atoms with Crippen molar-refractivity contribution in [3.8, 4) is 0 Å². The summed E-state index contributed by atoms with van der Waals surface area (Å²) in [6, 6.07) is 1.83. The number of piperidine rings is 1. The van der Waals surface area contributed by atoms with E-state index in [0.29, 0.717) is 0 Å². The molecule has 1 aromatic rings. The Hall–Kier alpha value is -1.19. The summed E-state index contributed by atoms with van der Waals surface area (Å²) in [5, 5.41) is 6.35. The molecule has 4 heteroatoms. The lowest BCUT2D eigenvalue weighted by Crippen LogP contribution is -2.40. The van der Waals surface area contributed by atoms with Gasteiger partial charge in [0.15, 0.2) is 0 Å². The van der Waals surface area contributed by atoms with Gasteiger partial charge in [-0.1, -0.05) is 0 Å². The fourth-order valence-corrected chi connectivity index (χ4v) is 1.61. The number of nitrogens with two attached hydrogens (primary N) is 1. The van der Waals surface area contributed by atoms with Crippen molar-refractivity contribution in [3.05, 3.63) is 12.3 Å². The Morgan fingerprint density at radius 3 is 2.58 bits per heavy atom. The third-order valence-electron chi connectivity index (χ3n) is 2.25. The van der Waals surface area contributed by atoms with E-state index >= 15 is 0 Å². The highest BCUT2D eigenvalue weighted by molar-refractivity contribution is 5.27. The van der Waals surface area contributed by atoms with E-state index in [0.717, 1.165) is 18.9 Å². The third kappa shape index (κ3) is 1.24. The van der Waals surface area contributed by atoms with E-state index in [1.807, 2.05) is 6.07 Å². The van der Waals surface area contributed by atoms with Crippen molar-refractivity contribution in [1.82, 2.24) is 9.89 Å². The van der Waals surface area contributed by atoms with Crippen molar-refractivity contribution in [3.63, 3.8) is 0 Å². The molecule has 66 valence electrons. The number of hydrogen-bond acceptors (Lipinski definition) is 3. The van der Waals surface area contributed by atoms with E-state index in [4.69, 9.17) is 5.73 Å². The monoisotopic (exact) mass is 166 g/mol. The van der Waals surface area contributed by atoms with Crippen LogP contribution in [0, 0.1) is 0 Å². The molecular formula is C8H14N4. The minimum absolute atomic E-state index is 0.733. The molecule has 1 saturated heterocycles. The average Bonchev–Trinajstić information content (AvgIpc) is 2.53. The molecule has 1 aromatic heterocycles. The number of anilines is 1. The second kappa shape index (κ2) is 3.05. The highest BCUT2D eigenvalue weighted by atomic mass is 15.7. The molecule has 0 saturated carbocycles. The van der Waals surface area contributed by atoms with Gasteiger partial charge in [0.1, 0.15) is 5.82 Å². The summed E-state index contributed by atoms with van der Waals surface area (Å²) < 4.78 is 0. The smallest absolute Gasteiger partial charge is 0.145 e. The van der Waals surface area contributed by atoms with Gasteiger partial charge in [0, 0.05) is 19.2 Å². The quantitative estimate of drug-likeness (QED) is 0.664. The molecule has 2 heterocycles. The molecule has 0 aromatic carbocycles. The number of nitrogens with zero attached hydrogens (tertiary/aromatic N) is 3. The summed E-state index contributed by atoms with van der Waals surface area (Å²) >= 11 is 0. The van der Waals surface area contributed by atoms with Crippen LogP contribution in [0.4, 0.5) is 5.82 Å². The average molecular weight is 166 g/mol. The van der Waals surface area contributed by atoms with Crippen LogP contribution in [0.3, 0.4) is 0 Å². The Labute approximate surface area is 71.9 Å². The predicted octanol–water partition coefficient (Wildman–Crippen LogP) is 0.587. The lowest BCUT2D eigenvalue weighted by atomic mass is 10.2.